The maximum absolute atomic E-state index is 11.3. The van der Waals surface area contributed by atoms with Gasteiger partial charge in [0.2, 0.25) is 12.0 Å². The van der Waals surface area contributed by atoms with E-state index in [1.807, 2.05) is 0 Å². The van der Waals surface area contributed by atoms with Crippen molar-refractivity contribution >= 4 is 11.7 Å². The van der Waals surface area contributed by atoms with Crippen LogP contribution in [0.5, 0.6) is 0 Å². The number of hydrogen-bond acceptors (Lipinski definition) is 8. The number of imidazole rings is 1. The average Bonchev–Trinajstić information content (AvgIpc) is 2.93. The molecule has 0 spiro atoms. The summed E-state index contributed by atoms with van der Waals surface area (Å²) in [5, 5.41) is 39.1. The van der Waals surface area contributed by atoms with Crippen molar-refractivity contribution in [2.24, 2.45) is 5.73 Å². The summed E-state index contributed by atoms with van der Waals surface area (Å²) < 4.78 is 6.01. The Bertz CT molecular complexity index is 544. The third-order valence-corrected chi connectivity index (χ3v) is 2.97. The van der Waals surface area contributed by atoms with Crippen LogP contribution in [0, 0.1) is 10.1 Å². The Labute approximate surface area is 111 Å². The fraction of sp³-hybridized carbons (Fsp3) is 0.556. The van der Waals surface area contributed by atoms with Gasteiger partial charge in [0.05, 0.1) is 6.61 Å². The minimum absolute atomic E-state index is 0.565. The number of ether oxygens (including phenoxy) is 1. The van der Waals surface area contributed by atoms with E-state index >= 15 is 0 Å². The van der Waals surface area contributed by atoms with E-state index in [0.717, 1.165) is 10.9 Å². The summed E-state index contributed by atoms with van der Waals surface area (Å²) in [6.07, 6.45) is -4.41. The maximum atomic E-state index is 11.3. The zero-order valence-corrected chi connectivity index (χ0v) is 9.99. The Hall–Kier alpha value is -2.08. The molecule has 1 fully saturated rings. The number of carbonyl (C=O) groups is 1. The second-order valence-electron chi connectivity index (χ2n) is 4.17. The normalized spacial score (nSPS) is 29.6. The first kappa shape index (κ1) is 14.3. The number of primary amides is 1. The van der Waals surface area contributed by atoms with Gasteiger partial charge in [-0.1, -0.05) is 0 Å². The number of carbonyl (C=O) groups excluding carboxylic acids is 1. The Balaban J connectivity index is 2.44. The Morgan fingerprint density at radius 3 is 2.65 bits per heavy atom. The Morgan fingerprint density at radius 1 is 1.55 bits per heavy atom. The standard InChI is InChI=1S/C9H12N4O7/c10-7(17)4-8(13(18)19)11-2-12(4)9-6(16)5(15)3(1-14)20-9/h2-3,5-6,9,14-16H,1H2,(H2,10,17). The van der Waals surface area contributed by atoms with Gasteiger partial charge in [-0.2, -0.15) is 0 Å². The lowest BCUT2D eigenvalue weighted by molar-refractivity contribution is -0.389. The van der Waals surface area contributed by atoms with Crippen molar-refractivity contribution in [2.45, 2.75) is 24.5 Å². The van der Waals surface area contributed by atoms with Crippen molar-refractivity contribution in [3.8, 4) is 0 Å². The van der Waals surface area contributed by atoms with Crippen LogP contribution in [0.25, 0.3) is 0 Å². The molecule has 0 saturated carbocycles. The van der Waals surface area contributed by atoms with E-state index in [0.29, 0.717) is 0 Å². The molecular weight excluding hydrogens is 276 g/mol. The molecule has 4 atom stereocenters. The molecule has 1 saturated heterocycles. The topological polar surface area (TPSA) is 174 Å². The molecule has 2 rings (SSSR count). The molecule has 2 heterocycles. The highest BCUT2D eigenvalue weighted by molar-refractivity contribution is 5.94. The number of aromatic nitrogens is 2. The molecule has 5 N–H and O–H groups in total. The smallest absolute Gasteiger partial charge is 0.394 e. The van der Waals surface area contributed by atoms with Gasteiger partial charge in [0, 0.05) is 0 Å². The number of rotatable bonds is 4. The van der Waals surface area contributed by atoms with E-state index in [1.54, 1.807) is 0 Å². The lowest BCUT2D eigenvalue weighted by Gasteiger charge is -2.16. The van der Waals surface area contributed by atoms with Gasteiger partial charge in [-0.3, -0.25) is 9.36 Å². The van der Waals surface area contributed by atoms with E-state index in [9.17, 15) is 25.1 Å². The van der Waals surface area contributed by atoms with Crippen molar-refractivity contribution in [2.75, 3.05) is 6.61 Å². The van der Waals surface area contributed by atoms with Crippen LogP contribution in [0.1, 0.15) is 16.7 Å². The van der Waals surface area contributed by atoms with Crippen molar-refractivity contribution < 1.29 is 29.8 Å². The van der Waals surface area contributed by atoms with Crippen LogP contribution in [0.4, 0.5) is 5.82 Å². The molecule has 1 aliphatic rings. The molecule has 11 heteroatoms. The van der Waals surface area contributed by atoms with E-state index < -0.39 is 53.5 Å². The Kier molecular flexibility index (Phi) is 3.67. The van der Waals surface area contributed by atoms with Crippen LogP contribution in [0.15, 0.2) is 6.33 Å². The first-order valence-electron chi connectivity index (χ1n) is 5.52. The van der Waals surface area contributed by atoms with Crippen LogP contribution in [0.3, 0.4) is 0 Å². The first-order chi connectivity index (χ1) is 9.38. The molecule has 0 radical (unpaired) electrons. The summed E-state index contributed by atoms with van der Waals surface area (Å²) >= 11 is 0. The third kappa shape index (κ3) is 2.12. The monoisotopic (exact) mass is 288 g/mol. The predicted molar refractivity (Wildman–Crippen MR) is 60.4 cm³/mol. The number of hydrogen-bond donors (Lipinski definition) is 4. The van der Waals surface area contributed by atoms with Crippen LogP contribution < -0.4 is 5.73 Å². The van der Waals surface area contributed by atoms with Gasteiger partial charge in [0.25, 0.3) is 5.91 Å². The number of nitrogens with zero attached hydrogens (tertiary/aromatic N) is 3. The Morgan fingerprint density at radius 2 is 2.20 bits per heavy atom. The van der Waals surface area contributed by atoms with E-state index in [2.05, 4.69) is 4.98 Å². The molecule has 20 heavy (non-hydrogen) atoms. The zero-order valence-electron chi connectivity index (χ0n) is 9.99. The quantitative estimate of drug-likeness (QED) is 0.347. The van der Waals surface area contributed by atoms with Gasteiger partial charge in [0.15, 0.2) is 6.23 Å². The summed E-state index contributed by atoms with van der Waals surface area (Å²) in [4.78, 5) is 24.6. The number of nitrogens with two attached hydrogens (primary N) is 1. The van der Waals surface area contributed by atoms with Crippen LogP contribution in [0.2, 0.25) is 0 Å². The van der Waals surface area contributed by atoms with Gasteiger partial charge in [-0.05, 0) is 9.91 Å². The van der Waals surface area contributed by atoms with E-state index in [-0.39, 0.29) is 0 Å². The van der Waals surface area contributed by atoms with Crippen molar-refractivity contribution in [3.05, 3.63) is 22.1 Å². The maximum Gasteiger partial charge on any atom is 0.395 e. The molecular formula is C9H12N4O7. The fourth-order valence-corrected chi connectivity index (χ4v) is 2.03. The highest BCUT2D eigenvalue weighted by Crippen LogP contribution is 2.32. The summed E-state index contributed by atoms with van der Waals surface area (Å²) in [6, 6.07) is 0. The molecule has 0 aromatic carbocycles. The number of aliphatic hydroxyl groups excluding tert-OH is 3. The molecule has 4 unspecified atom stereocenters. The largest absolute Gasteiger partial charge is 0.395 e. The lowest BCUT2D eigenvalue weighted by Crippen LogP contribution is -2.33. The summed E-state index contributed by atoms with van der Waals surface area (Å²) in [7, 11) is 0. The van der Waals surface area contributed by atoms with Gasteiger partial charge in [-0.25, -0.2) is 0 Å². The molecule has 0 aliphatic carbocycles. The van der Waals surface area contributed by atoms with Crippen LogP contribution >= 0.6 is 0 Å². The van der Waals surface area contributed by atoms with Crippen LogP contribution in [-0.2, 0) is 4.74 Å². The third-order valence-electron chi connectivity index (χ3n) is 2.97. The molecule has 0 bridgehead atoms. The number of amides is 1. The molecule has 1 aromatic heterocycles. The van der Waals surface area contributed by atoms with Gasteiger partial charge in [0.1, 0.15) is 18.3 Å². The first-order valence-corrected chi connectivity index (χ1v) is 5.52. The molecule has 11 nitrogen and oxygen atoms in total. The molecule has 1 aromatic rings. The SMILES string of the molecule is NC(=O)c1c([N+](=O)[O-])ncn1C1OC(CO)C(O)C1O. The number of aliphatic hydroxyl groups is 3. The van der Waals surface area contributed by atoms with Gasteiger partial charge < -0.3 is 35.9 Å². The molecule has 1 amide bonds. The lowest BCUT2D eigenvalue weighted by atomic mass is 10.1. The summed E-state index contributed by atoms with van der Waals surface area (Å²) in [5.41, 5.74) is 4.49. The van der Waals surface area contributed by atoms with Gasteiger partial charge >= 0.3 is 5.82 Å². The highest BCUT2D eigenvalue weighted by atomic mass is 16.6. The van der Waals surface area contributed by atoms with Gasteiger partial charge in [-0.15, -0.1) is 0 Å². The zero-order chi connectivity index (χ0) is 15.0. The minimum Gasteiger partial charge on any atom is -0.394 e. The van der Waals surface area contributed by atoms with Crippen molar-refractivity contribution in [1.82, 2.24) is 9.55 Å². The van der Waals surface area contributed by atoms with E-state index in [1.165, 1.54) is 0 Å². The second kappa shape index (κ2) is 5.13. The van der Waals surface area contributed by atoms with Crippen LogP contribution in [-0.4, -0.2) is 60.6 Å². The predicted octanol–water partition coefficient (Wildman–Crippen LogP) is -2.50. The summed E-state index contributed by atoms with van der Waals surface area (Å²) in [5.74, 6) is -1.91. The fourth-order valence-electron chi connectivity index (χ4n) is 2.03. The minimum atomic E-state index is -1.50. The average molecular weight is 288 g/mol. The van der Waals surface area contributed by atoms with Crippen molar-refractivity contribution in [1.29, 1.82) is 0 Å². The molecule has 1 aliphatic heterocycles. The van der Waals surface area contributed by atoms with E-state index in [4.69, 9.17) is 15.6 Å². The molecule has 110 valence electrons. The highest BCUT2D eigenvalue weighted by Gasteiger charge is 2.45. The van der Waals surface area contributed by atoms with Crippen molar-refractivity contribution in [3.63, 3.8) is 0 Å². The summed E-state index contributed by atoms with van der Waals surface area (Å²) in [6.45, 7) is -0.572. The second-order valence-corrected chi connectivity index (χ2v) is 4.17. The number of nitro groups is 1.